The summed E-state index contributed by atoms with van der Waals surface area (Å²) in [6.45, 7) is 20.4. The van der Waals surface area contributed by atoms with Crippen molar-refractivity contribution >= 4 is 68.3 Å². The van der Waals surface area contributed by atoms with E-state index in [0.29, 0.717) is 102 Å². The number of ether oxygens (including phenoxy) is 8. The third-order valence-corrected chi connectivity index (χ3v) is 16.7. The first-order chi connectivity index (χ1) is 46.7. The van der Waals surface area contributed by atoms with Gasteiger partial charge in [-0.05, 0) is 175 Å². The Balaban J connectivity index is 1.39. The highest BCUT2D eigenvalue weighted by Gasteiger charge is 2.25. The van der Waals surface area contributed by atoms with Gasteiger partial charge in [-0.25, -0.2) is 0 Å². The quantitative estimate of drug-likeness (QED) is 0.0250. The Morgan fingerprint density at radius 2 is 0.427 bits per heavy atom. The highest BCUT2D eigenvalue weighted by Crippen LogP contribution is 2.41. The van der Waals surface area contributed by atoms with Gasteiger partial charge in [0.15, 0.2) is 0 Å². The second-order valence-electron chi connectivity index (χ2n) is 22.9. The standard InChI is InChI=1S/C84H80O8S4/c1-9-85-37-41-89-81-73-45-65(17-13-61-21-29-69(30-22-61)57(5)93)46-74(81)54-76-48-67(19-15-63-25-33-71(34-26-63)59(7)95)50-78(83(76)91-43-39-87-11-3)56-80-52-68(20-16-64-27-35-72(36-28-64)60(8)96)51-79(84(80)92-44-40-88-12-4)55-77-49-66(18-14-62-23-31-70(32-24-62)58(6)94)47-75(53-73)82(77)90-42-38-86-10-2/h21-36,45-52H,9-12,37-44,53-56H2,1-8H3. The topological polar surface area (TPSA) is 73.8 Å². The lowest BCUT2D eigenvalue weighted by atomic mass is 9.88. The molecule has 488 valence electrons. The first-order valence-corrected chi connectivity index (χ1v) is 34.3. The Kier molecular flexibility index (Phi) is 27.3. The predicted molar refractivity (Wildman–Crippen MR) is 404 cm³/mol. The Labute approximate surface area is 589 Å². The zero-order chi connectivity index (χ0) is 67.8. The van der Waals surface area contributed by atoms with Crippen molar-refractivity contribution in [3.8, 4) is 70.4 Å². The van der Waals surface area contributed by atoms with Crippen molar-refractivity contribution in [2.75, 3.05) is 79.3 Å². The van der Waals surface area contributed by atoms with E-state index >= 15 is 0 Å². The van der Waals surface area contributed by atoms with Crippen LogP contribution in [0.1, 0.15) is 167 Å². The molecule has 1 aliphatic carbocycles. The van der Waals surface area contributed by atoms with Crippen molar-refractivity contribution in [3.63, 3.8) is 0 Å². The van der Waals surface area contributed by atoms with Gasteiger partial charge in [0.05, 0.1) is 26.4 Å². The highest BCUT2D eigenvalue weighted by molar-refractivity contribution is 7.81. The third-order valence-electron chi connectivity index (χ3n) is 15.8. The van der Waals surface area contributed by atoms with Crippen molar-refractivity contribution in [2.24, 2.45) is 0 Å². The van der Waals surface area contributed by atoms with Gasteiger partial charge in [0.2, 0.25) is 0 Å². The molecule has 96 heavy (non-hydrogen) atoms. The molecular formula is C84H80O8S4. The van der Waals surface area contributed by atoms with E-state index in [-0.39, 0.29) is 26.4 Å². The van der Waals surface area contributed by atoms with Crippen molar-refractivity contribution in [3.05, 3.63) is 257 Å². The molecule has 0 saturated carbocycles. The Hall–Kier alpha value is -8.60. The van der Waals surface area contributed by atoms with Crippen LogP contribution in [0, 0.1) is 47.4 Å². The molecule has 8 aromatic carbocycles. The second-order valence-corrected chi connectivity index (χ2v) is 25.4. The van der Waals surface area contributed by atoms with Crippen molar-refractivity contribution in [1.29, 1.82) is 0 Å². The summed E-state index contributed by atoms with van der Waals surface area (Å²) >= 11 is 22.1. The van der Waals surface area contributed by atoms with Crippen LogP contribution in [0.3, 0.4) is 0 Å². The summed E-state index contributed by atoms with van der Waals surface area (Å²) in [6, 6.07) is 49.3. The summed E-state index contributed by atoms with van der Waals surface area (Å²) in [5, 5.41) is 0. The Morgan fingerprint density at radius 3 is 0.583 bits per heavy atom. The summed E-state index contributed by atoms with van der Waals surface area (Å²) in [5.74, 6) is 31.1. The summed E-state index contributed by atoms with van der Waals surface area (Å²) in [7, 11) is 0. The zero-order valence-electron chi connectivity index (χ0n) is 56.1. The maximum Gasteiger partial charge on any atom is 0.126 e. The van der Waals surface area contributed by atoms with Crippen LogP contribution >= 0.6 is 48.9 Å². The second kappa shape index (κ2) is 36.5. The molecule has 0 heterocycles. The normalized spacial score (nSPS) is 11.2. The van der Waals surface area contributed by atoms with E-state index in [1.807, 2.05) is 152 Å². The molecule has 8 nitrogen and oxygen atoms in total. The molecule has 0 radical (unpaired) electrons. The molecule has 8 aromatic rings. The lowest BCUT2D eigenvalue weighted by Crippen LogP contribution is -2.14. The summed E-state index contributed by atoms with van der Waals surface area (Å²) < 4.78 is 52.3. The van der Waals surface area contributed by atoms with E-state index < -0.39 is 0 Å². The molecule has 0 aromatic heterocycles. The number of hydrogen-bond acceptors (Lipinski definition) is 12. The van der Waals surface area contributed by atoms with Crippen molar-refractivity contribution in [1.82, 2.24) is 0 Å². The van der Waals surface area contributed by atoms with E-state index in [0.717, 1.165) is 131 Å². The van der Waals surface area contributed by atoms with E-state index in [1.165, 1.54) is 0 Å². The van der Waals surface area contributed by atoms with Gasteiger partial charge in [-0.15, -0.1) is 0 Å². The summed E-state index contributed by atoms with van der Waals surface area (Å²) in [6.07, 6.45) is 1.37. The largest absolute Gasteiger partial charge is 0.491 e. The summed E-state index contributed by atoms with van der Waals surface area (Å²) in [5.41, 5.74) is 17.5. The average molecular weight is 1350 g/mol. The molecular weight excluding hydrogens is 1270 g/mol. The van der Waals surface area contributed by atoms with Crippen LogP contribution in [0.15, 0.2) is 146 Å². The number of hydrogen-bond donors (Lipinski definition) is 0. The minimum absolute atomic E-state index is 0.278. The SMILES string of the molecule is CCOCCOc1c2cc(C#Cc3ccc(C(C)=S)cc3)cc1Cc1cc(C#Cc3ccc(C(C)=S)cc3)cc(c1OCCOCC)Cc1cc(C#Cc3ccc(C(C)=S)cc3)cc(c1OCCOCC)Cc1cc(C#Cc3ccc(C(C)=S)cc3)cc(c1OCCOCC)C2. The number of rotatable bonds is 24. The molecule has 0 amide bonds. The van der Waals surface area contributed by atoms with Gasteiger partial charge in [0, 0.05) is 161 Å². The van der Waals surface area contributed by atoms with Gasteiger partial charge in [0.25, 0.3) is 0 Å². The molecule has 0 atom stereocenters. The van der Waals surface area contributed by atoms with Gasteiger partial charge in [-0.3, -0.25) is 0 Å². The molecule has 0 saturated heterocycles. The lowest BCUT2D eigenvalue weighted by molar-refractivity contribution is 0.108. The first-order valence-electron chi connectivity index (χ1n) is 32.7. The van der Waals surface area contributed by atoms with E-state index in [4.69, 9.17) is 86.8 Å². The van der Waals surface area contributed by atoms with Gasteiger partial charge >= 0.3 is 0 Å². The van der Waals surface area contributed by atoms with Crippen LogP contribution in [0.4, 0.5) is 0 Å². The van der Waals surface area contributed by atoms with Gasteiger partial charge in [-0.2, -0.15) is 0 Å². The number of thiocarbonyl (C=S) groups is 4. The van der Waals surface area contributed by atoms with Crippen molar-refractivity contribution in [2.45, 2.75) is 81.1 Å². The zero-order valence-corrected chi connectivity index (χ0v) is 59.3. The molecule has 0 aliphatic heterocycles. The minimum atomic E-state index is 0.278. The Morgan fingerprint density at radius 1 is 0.260 bits per heavy atom. The average Bonchev–Trinajstić information content (AvgIpc) is 0.797. The lowest BCUT2D eigenvalue weighted by Gasteiger charge is -2.24. The van der Waals surface area contributed by atoms with E-state index in [1.54, 1.807) is 0 Å². The molecule has 0 unspecified atom stereocenters. The molecule has 9 rings (SSSR count). The fourth-order valence-electron chi connectivity index (χ4n) is 11.0. The van der Waals surface area contributed by atoms with Crippen LogP contribution in [-0.2, 0) is 44.6 Å². The molecule has 1 aliphatic rings. The van der Waals surface area contributed by atoms with Gasteiger partial charge in [-0.1, -0.05) is 145 Å². The molecule has 8 bridgehead atoms. The molecule has 0 N–H and O–H groups in total. The van der Waals surface area contributed by atoms with Crippen LogP contribution in [0.5, 0.6) is 23.0 Å². The smallest absolute Gasteiger partial charge is 0.126 e. The summed E-state index contributed by atoms with van der Waals surface area (Å²) in [4.78, 5) is 3.26. The number of fused-ring (bicyclic) bond motifs is 8. The molecule has 0 spiro atoms. The van der Waals surface area contributed by atoms with Crippen LogP contribution < -0.4 is 18.9 Å². The van der Waals surface area contributed by atoms with Gasteiger partial charge in [0.1, 0.15) is 49.4 Å². The monoisotopic (exact) mass is 1340 g/mol. The number of benzene rings is 8. The van der Waals surface area contributed by atoms with Crippen LogP contribution in [0.2, 0.25) is 0 Å². The van der Waals surface area contributed by atoms with E-state index in [2.05, 4.69) is 95.9 Å². The van der Waals surface area contributed by atoms with Crippen LogP contribution in [0.25, 0.3) is 0 Å². The fourth-order valence-corrected chi connectivity index (χ4v) is 11.6. The van der Waals surface area contributed by atoms with Crippen molar-refractivity contribution < 1.29 is 37.9 Å². The van der Waals surface area contributed by atoms with Gasteiger partial charge < -0.3 is 37.9 Å². The molecule has 12 heteroatoms. The van der Waals surface area contributed by atoms with Crippen LogP contribution in [-0.4, -0.2) is 98.7 Å². The highest BCUT2D eigenvalue weighted by atomic mass is 32.1. The first kappa shape index (κ1) is 71.7. The fraction of sp³-hybridized carbons (Fsp3) is 0.286. The Bertz CT molecular complexity index is 3710. The third kappa shape index (κ3) is 20.7. The molecule has 0 fully saturated rings. The maximum absolute atomic E-state index is 7.11. The predicted octanol–water partition coefficient (Wildman–Crippen LogP) is 16.6. The maximum atomic E-state index is 7.11. The van der Waals surface area contributed by atoms with E-state index in [9.17, 15) is 0 Å². The minimum Gasteiger partial charge on any atom is -0.491 e.